The molecule has 1 aromatic rings. The molecule has 2 aliphatic heterocycles. The van der Waals surface area contributed by atoms with E-state index in [1.165, 1.54) is 22.7 Å². The van der Waals surface area contributed by atoms with E-state index in [0.717, 1.165) is 4.90 Å². The number of urea groups is 1. The topological polar surface area (TPSA) is 114 Å². The summed E-state index contributed by atoms with van der Waals surface area (Å²) in [5, 5.41) is 3.85. The van der Waals surface area contributed by atoms with Crippen LogP contribution < -0.4 is 10.9 Å². The van der Waals surface area contributed by atoms with E-state index >= 15 is 0 Å². The first-order valence-electron chi connectivity index (χ1n) is 7.93. The van der Waals surface area contributed by atoms with Crippen LogP contribution in [-0.2, 0) is 16.1 Å². The standard InChI is InChI=1S/C16H17N5O4S/c1-9-10(2)18-8-20(14(9)23)7-12(22)17-4-5-21-15(24)13-11(3-6-26-13)19-16(21)25/h3,6,8,13H,4-5,7H2,1-2H3,(H,17,22). The molecular formula is C16H17N5O4S. The Morgan fingerprint density at radius 2 is 2.08 bits per heavy atom. The number of fused-ring (bicyclic) bond motifs is 1. The van der Waals surface area contributed by atoms with Gasteiger partial charge in [-0.25, -0.2) is 9.78 Å². The second-order valence-corrected chi connectivity index (χ2v) is 6.88. The van der Waals surface area contributed by atoms with Gasteiger partial charge in [0, 0.05) is 24.3 Å². The number of aryl methyl sites for hydroxylation is 1. The number of aliphatic imine (C=N–C) groups is 1. The molecule has 0 radical (unpaired) electrons. The SMILES string of the molecule is Cc1ncn(CC(=O)NCCN2C(=O)N=C3C=CSC3C2=O)c(=O)c1C. The number of carbonyl (C=O) groups is 3. The predicted octanol–water partition coefficient (Wildman–Crippen LogP) is 0.00864. The number of amides is 4. The third-order valence-electron chi connectivity index (χ3n) is 4.15. The maximum atomic E-state index is 12.3. The average molecular weight is 375 g/mol. The van der Waals surface area contributed by atoms with Crippen molar-refractivity contribution in [1.29, 1.82) is 0 Å². The Balaban J connectivity index is 1.55. The molecule has 4 amide bonds. The molecule has 1 unspecified atom stereocenters. The lowest BCUT2D eigenvalue weighted by Gasteiger charge is -2.25. The fourth-order valence-corrected chi connectivity index (χ4v) is 3.43. The third-order valence-corrected chi connectivity index (χ3v) is 5.16. The molecular weight excluding hydrogens is 358 g/mol. The van der Waals surface area contributed by atoms with Gasteiger partial charge in [-0.2, -0.15) is 4.99 Å². The lowest BCUT2D eigenvalue weighted by molar-refractivity contribution is -0.127. The second kappa shape index (κ2) is 7.24. The maximum Gasteiger partial charge on any atom is 0.350 e. The molecule has 1 N–H and O–H groups in total. The predicted molar refractivity (Wildman–Crippen MR) is 96.0 cm³/mol. The number of thioether (sulfide) groups is 1. The normalized spacial score (nSPS) is 18.8. The maximum absolute atomic E-state index is 12.3. The summed E-state index contributed by atoms with van der Waals surface area (Å²) in [6, 6.07) is -0.628. The number of nitrogens with zero attached hydrogens (tertiary/aromatic N) is 4. The fourth-order valence-electron chi connectivity index (χ4n) is 2.54. The van der Waals surface area contributed by atoms with Gasteiger partial charge in [-0.05, 0) is 25.3 Å². The van der Waals surface area contributed by atoms with E-state index in [4.69, 9.17) is 0 Å². The molecule has 26 heavy (non-hydrogen) atoms. The molecule has 136 valence electrons. The van der Waals surface area contributed by atoms with Crippen LogP contribution in [0.1, 0.15) is 11.3 Å². The van der Waals surface area contributed by atoms with Crippen molar-refractivity contribution in [2.24, 2.45) is 4.99 Å². The minimum atomic E-state index is -0.628. The van der Waals surface area contributed by atoms with Gasteiger partial charge < -0.3 is 5.32 Å². The van der Waals surface area contributed by atoms with Crippen molar-refractivity contribution < 1.29 is 14.4 Å². The van der Waals surface area contributed by atoms with Gasteiger partial charge in [0.15, 0.2) is 0 Å². The summed E-state index contributed by atoms with van der Waals surface area (Å²) in [5.41, 5.74) is 1.29. The van der Waals surface area contributed by atoms with Gasteiger partial charge in [0.2, 0.25) is 11.8 Å². The molecule has 0 fully saturated rings. The third kappa shape index (κ3) is 3.45. The molecule has 0 saturated carbocycles. The Labute approximate surface area is 153 Å². The molecule has 0 spiro atoms. The van der Waals surface area contributed by atoms with Crippen LogP contribution in [0.15, 0.2) is 27.6 Å². The number of hydrogen-bond acceptors (Lipinski definition) is 6. The highest BCUT2D eigenvalue weighted by Gasteiger charge is 2.38. The van der Waals surface area contributed by atoms with Crippen molar-refractivity contribution in [3.05, 3.63) is 39.4 Å². The monoisotopic (exact) mass is 375 g/mol. The van der Waals surface area contributed by atoms with Gasteiger partial charge >= 0.3 is 6.03 Å². The number of nitrogens with one attached hydrogen (secondary N) is 1. The molecule has 3 rings (SSSR count). The Hall–Kier alpha value is -2.75. The van der Waals surface area contributed by atoms with E-state index in [0.29, 0.717) is 17.0 Å². The number of carbonyl (C=O) groups excluding carboxylic acids is 3. The molecule has 9 nitrogen and oxygen atoms in total. The van der Waals surface area contributed by atoms with E-state index in [-0.39, 0.29) is 31.1 Å². The highest BCUT2D eigenvalue weighted by molar-refractivity contribution is 8.04. The fraction of sp³-hybridized carbons (Fsp3) is 0.375. The van der Waals surface area contributed by atoms with Crippen molar-refractivity contribution in [3.63, 3.8) is 0 Å². The summed E-state index contributed by atoms with van der Waals surface area (Å²) in [6.45, 7) is 3.30. The van der Waals surface area contributed by atoms with Gasteiger partial charge in [0.25, 0.3) is 5.56 Å². The van der Waals surface area contributed by atoms with Gasteiger partial charge in [-0.3, -0.25) is 23.9 Å². The molecule has 0 bridgehead atoms. The number of hydrogen-bond donors (Lipinski definition) is 1. The molecule has 10 heteroatoms. The van der Waals surface area contributed by atoms with E-state index < -0.39 is 17.2 Å². The summed E-state index contributed by atoms with van der Waals surface area (Å²) in [5.74, 6) is -0.742. The van der Waals surface area contributed by atoms with E-state index in [2.05, 4.69) is 15.3 Å². The molecule has 1 aromatic heterocycles. The van der Waals surface area contributed by atoms with Crippen molar-refractivity contribution in [2.75, 3.05) is 13.1 Å². The highest BCUT2D eigenvalue weighted by atomic mass is 32.2. The van der Waals surface area contributed by atoms with Crippen LogP contribution in [0.5, 0.6) is 0 Å². The second-order valence-electron chi connectivity index (χ2n) is 5.87. The summed E-state index contributed by atoms with van der Waals surface area (Å²) in [4.78, 5) is 57.3. The molecule has 3 heterocycles. The van der Waals surface area contributed by atoms with Crippen molar-refractivity contribution in [1.82, 2.24) is 19.8 Å². The summed E-state index contributed by atoms with van der Waals surface area (Å²) in [6.07, 6.45) is 2.97. The number of rotatable bonds is 5. The van der Waals surface area contributed by atoms with Crippen LogP contribution in [0, 0.1) is 13.8 Å². The largest absolute Gasteiger partial charge is 0.353 e. The zero-order valence-corrected chi connectivity index (χ0v) is 15.1. The van der Waals surface area contributed by atoms with Gasteiger partial charge in [-0.15, -0.1) is 11.8 Å². The first kappa shape index (κ1) is 18.1. The van der Waals surface area contributed by atoms with Gasteiger partial charge in [0.05, 0.1) is 12.0 Å². The molecule has 0 saturated heterocycles. The number of allylic oxidation sites excluding steroid dienone is 1. The lowest BCUT2D eigenvalue weighted by atomic mass is 10.2. The average Bonchev–Trinajstić information content (AvgIpc) is 3.07. The van der Waals surface area contributed by atoms with E-state index in [1.54, 1.807) is 25.3 Å². The Morgan fingerprint density at radius 1 is 1.31 bits per heavy atom. The number of aromatic nitrogens is 2. The quantitative estimate of drug-likeness (QED) is 0.775. The van der Waals surface area contributed by atoms with Crippen LogP contribution in [0.2, 0.25) is 0 Å². The smallest absolute Gasteiger partial charge is 0.350 e. The van der Waals surface area contributed by atoms with Crippen LogP contribution in [0.3, 0.4) is 0 Å². The zero-order valence-electron chi connectivity index (χ0n) is 14.3. The summed E-state index contributed by atoms with van der Waals surface area (Å²) in [7, 11) is 0. The molecule has 2 aliphatic rings. The van der Waals surface area contributed by atoms with Crippen LogP contribution in [-0.4, -0.2) is 56.3 Å². The Morgan fingerprint density at radius 3 is 2.85 bits per heavy atom. The highest BCUT2D eigenvalue weighted by Crippen LogP contribution is 2.27. The van der Waals surface area contributed by atoms with Crippen LogP contribution in [0.4, 0.5) is 4.79 Å². The molecule has 0 aromatic carbocycles. The summed E-state index contributed by atoms with van der Waals surface area (Å²) >= 11 is 1.30. The van der Waals surface area contributed by atoms with E-state index in [1.807, 2.05) is 0 Å². The van der Waals surface area contributed by atoms with Gasteiger partial charge in [0.1, 0.15) is 11.8 Å². The van der Waals surface area contributed by atoms with Crippen molar-refractivity contribution in [2.45, 2.75) is 25.6 Å². The number of imide groups is 1. The van der Waals surface area contributed by atoms with Crippen molar-refractivity contribution in [3.8, 4) is 0 Å². The first-order chi connectivity index (χ1) is 12.4. The van der Waals surface area contributed by atoms with Crippen LogP contribution in [0.25, 0.3) is 0 Å². The van der Waals surface area contributed by atoms with Crippen molar-refractivity contribution >= 4 is 35.3 Å². The Kier molecular flexibility index (Phi) is 5.03. The molecule has 0 aliphatic carbocycles. The first-order valence-corrected chi connectivity index (χ1v) is 8.88. The zero-order chi connectivity index (χ0) is 18.8. The van der Waals surface area contributed by atoms with E-state index in [9.17, 15) is 19.2 Å². The Bertz CT molecular complexity index is 904. The molecule has 1 atom stereocenters. The van der Waals surface area contributed by atoms with Gasteiger partial charge in [-0.1, -0.05) is 0 Å². The van der Waals surface area contributed by atoms with Crippen LogP contribution >= 0.6 is 11.8 Å². The minimum Gasteiger partial charge on any atom is -0.353 e. The minimum absolute atomic E-state index is 0.0251. The lowest BCUT2D eigenvalue weighted by Crippen LogP contribution is -2.49. The summed E-state index contributed by atoms with van der Waals surface area (Å²) < 4.78 is 1.21.